The van der Waals surface area contributed by atoms with Crippen LogP contribution >= 0.6 is 0 Å². The molecule has 0 spiro atoms. The molecule has 1 aliphatic rings. The summed E-state index contributed by atoms with van der Waals surface area (Å²) in [5.74, 6) is 1.62. The van der Waals surface area contributed by atoms with Gasteiger partial charge in [0.1, 0.15) is 11.6 Å². The van der Waals surface area contributed by atoms with Crippen LogP contribution in [0.25, 0.3) is 0 Å². The SMILES string of the molecule is CC(C)CCC1(CCC(C)C)CC(=O)CC(=O)C1. The molecule has 1 rings (SSSR count). The molecule has 104 valence electrons. The number of carbonyl (C=O) groups excluding carboxylic acids is 2. The molecular formula is C16H28O2. The van der Waals surface area contributed by atoms with Crippen molar-refractivity contribution < 1.29 is 9.59 Å². The van der Waals surface area contributed by atoms with Crippen molar-refractivity contribution in [1.29, 1.82) is 0 Å². The molecule has 0 atom stereocenters. The minimum Gasteiger partial charge on any atom is -0.299 e. The number of hydrogen-bond acceptors (Lipinski definition) is 2. The second-order valence-corrected chi connectivity index (χ2v) is 6.97. The van der Waals surface area contributed by atoms with Crippen LogP contribution < -0.4 is 0 Å². The first-order valence-corrected chi connectivity index (χ1v) is 7.36. The Kier molecular flexibility index (Phi) is 5.55. The normalized spacial score (nSPS) is 19.9. The Morgan fingerprint density at radius 1 is 0.889 bits per heavy atom. The summed E-state index contributed by atoms with van der Waals surface area (Å²) >= 11 is 0. The molecule has 0 radical (unpaired) electrons. The number of hydrogen-bond donors (Lipinski definition) is 0. The molecule has 0 aromatic rings. The lowest BCUT2D eigenvalue weighted by molar-refractivity contribution is -0.135. The van der Waals surface area contributed by atoms with Gasteiger partial charge in [-0.15, -0.1) is 0 Å². The number of ketones is 2. The van der Waals surface area contributed by atoms with E-state index in [1.807, 2.05) is 0 Å². The van der Waals surface area contributed by atoms with Gasteiger partial charge in [-0.25, -0.2) is 0 Å². The van der Waals surface area contributed by atoms with Crippen molar-refractivity contribution in [3.05, 3.63) is 0 Å². The summed E-state index contributed by atoms with van der Waals surface area (Å²) in [4.78, 5) is 23.5. The number of rotatable bonds is 6. The maximum atomic E-state index is 11.8. The topological polar surface area (TPSA) is 34.1 Å². The molecule has 1 aliphatic carbocycles. The Morgan fingerprint density at radius 2 is 1.28 bits per heavy atom. The highest BCUT2D eigenvalue weighted by Gasteiger charge is 2.38. The van der Waals surface area contributed by atoms with Gasteiger partial charge in [-0.1, -0.05) is 40.5 Å². The lowest BCUT2D eigenvalue weighted by Crippen LogP contribution is -2.34. The van der Waals surface area contributed by atoms with E-state index < -0.39 is 0 Å². The van der Waals surface area contributed by atoms with Crippen LogP contribution in [-0.2, 0) is 9.59 Å². The summed E-state index contributed by atoms with van der Waals surface area (Å²) in [6.07, 6.45) is 5.78. The van der Waals surface area contributed by atoms with Gasteiger partial charge in [0.05, 0.1) is 6.42 Å². The molecule has 0 aromatic heterocycles. The first-order valence-electron chi connectivity index (χ1n) is 7.36. The zero-order chi connectivity index (χ0) is 13.8. The van der Waals surface area contributed by atoms with E-state index in [2.05, 4.69) is 27.7 Å². The summed E-state index contributed by atoms with van der Waals surface area (Å²) in [5, 5.41) is 0. The maximum Gasteiger partial charge on any atom is 0.140 e. The van der Waals surface area contributed by atoms with Crippen molar-refractivity contribution >= 4 is 11.6 Å². The van der Waals surface area contributed by atoms with Crippen molar-refractivity contribution in [2.45, 2.75) is 72.6 Å². The Morgan fingerprint density at radius 3 is 1.61 bits per heavy atom. The highest BCUT2D eigenvalue weighted by atomic mass is 16.1. The monoisotopic (exact) mass is 252 g/mol. The van der Waals surface area contributed by atoms with Gasteiger partial charge in [0.25, 0.3) is 0 Å². The Labute approximate surface area is 112 Å². The number of Topliss-reactive ketones (excluding diaryl/α,β-unsaturated/α-hetero) is 2. The van der Waals surface area contributed by atoms with Crippen LogP contribution in [-0.4, -0.2) is 11.6 Å². The van der Waals surface area contributed by atoms with Crippen LogP contribution in [0.15, 0.2) is 0 Å². The average Bonchev–Trinajstić information content (AvgIpc) is 2.22. The molecule has 2 heteroatoms. The quantitative estimate of drug-likeness (QED) is 0.665. The third-order valence-electron chi connectivity index (χ3n) is 4.04. The molecule has 2 nitrogen and oxygen atoms in total. The highest BCUT2D eigenvalue weighted by Crippen LogP contribution is 2.43. The zero-order valence-corrected chi connectivity index (χ0v) is 12.4. The molecule has 0 unspecified atom stereocenters. The molecule has 18 heavy (non-hydrogen) atoms. The minimum absolute atomic E-state index is 0.0129. The highest BCUT2D eigenvalue weighted by molar-refractivity contribution is 6.02. The summed E-state index contributed by atoms with van der Waals surface area (Å²) in [6.45, 7) is 8.84. The molecule has 1 saturated carbocycles. The fraction of sp³-hybridized carbons (Fsp3) is 0.875. The van der Waals surface area contributed by atoms with Crippen molar-refractivity contribution in [2.75, 3.05) is 0 Å². The van der Waals surface area contributed by atoms with Crippen LogP contribution in [0.1, 0.15) is 72.6 Å². The summed E-state index contributed by atoms with van der Waals surface area (Å²) in [7, 11) is 0. The summed E-state index contributed by atoms with van der Waals surface area (Å²) in [5.41, 5.74) is -0.0129. The molecule has 0 amide bonds. The molecule has 0 aromatic carbocycles. The van der Waals surface area contributed by atoms with Gasteiger partial charge in [0, 0.05) is 12.8 Å². The van der Waals surface area contributed by atoms with Gasteiger partial charge in [-0.2, -0.15) is 0 Å². The van der Waals surface area contributed by atoms with E-state index in [9.17, 15) is 9.59 Å². The van der Waals surface area contributed by atoms with Gasteiger partial charge in [-0.05, 0) is 30.1 Å². The first-order chi connectivity index (χ1) is 8.33. The van der Waals surface area contributed by atoms with Gasteiger partial charge in [0.2, 0.25) is 0 Å². The second kappa shape index (κ2) is 6.49. The smallest absolute Gasteiger partial charge is 0.140 e. The second-order valence-electron chi connectivity index (χ2n) is 6.97. The van der Waals surface area contributed by atoms with Gasteiger partial charge < -0.3 is 0 Å². The van der Waals surface area contributed by atoms with E-state index in [0.717, 1.165) is 25.7 Å². The predicted octanol–water partition coefficient (Wildman–Crippen LogP) is 4.17. The molecule has 0 aliphatic heterocycles. The van der Waals surface area contributed by atoms with E-state index in [4.69, 9.17) is 0 Å². The molecule has 1 fully saturated rings. The predicted molar refractivity (Wildman–Crippen MR) is 74.4 cm³/mol. The van der Waals surface area contributed by atoms with Crippen molar-refractivity contribution in [2.24, 2.45) is 17.3 Å². The van der Waals surface area contributed by atoms with Crippen LogP contribution in [0.5, 0.6) is 0 Å². The molecule has 0 heterocycles. The first kappa shape index (κ1) is 15.4. The van der Waals surface area contributed by atoms with E-state index >= 15 is 0 Å². The minimum atomic E-state index is -0.0129. The van der Waals surface area contributed by atoms with Gasteiger partial charge in [0.15, 0.2) is 0 Å². The van der Waals surface area contributed by atoms with E-state index in [-0.39, 0.29) is 23.4 Å². The maximum absolute atomic E-state index is 11.8. The summed E-state index contributed by atoms with van der Waals surface area (Å²) < 4.78 is 0. The third kappa shape index (κ3) is 4.91. The van der Waals surface area contributed by atoms with E-state index in [1.165, 1.54) is 0 Å². The Hall–Kier alpha value is -0.660. The lowest BCUT2D eigenvalue weighted by atomic mass is 9.66. The van der Waals surface area contributed by atoms with Crippen LogP contribution in [0.4, 0.5) is 0 Å². The van der Waals surface area contributed by atoms with Gasteiger partial charge >= 0.3 is 0 Å². The third-order valence-corrected chi connectivity index (χ3v) is 4.04. The standard InChI is InChI=1S/C16H28O2/c1-12(2)5-7-16(8-6-13(3)4)10-14(17)9-15(18)11-16/h12-13H,5-11H2,1-4H3. The fourth-order valence-electron chi connectivity index (χ4n) is 2.91. The largest absolute Gasteiger partial charge is 0.299 e. The lowest BCUT2D eigenvalue weighted by Gasteiger charge is -2.37. The van der Waals surface area contributed by atoms with Crippen molar-refractivity contribution in [1.82, 2.24) is 0 Å². The van der Waals surface area contributed by atoms with Crippen LogP contribution in [0, 0.1) is 17.3 Å². The molecule has 0 saturated heterocycles. The Balaban J connectivity index is 2.71. The summed E-state index contributed by atoms with van der Waals surface area (Å²) in [6, 6.07) is 0. The van der Waals surface area contributed by atoms with Crippen molar-refractivity contribution in [3.63, 3.8) is 0 Å². The molecular weight excluding hydrogens is 224 g/mol. The van der Waals surface area contributed by atoms with Gasteiger partial charge in [-0.3, -0.25) is 9.59 Å². The molecule has 0 N–H and O–H groups in total. The van der Waals surface area contributed by atoms with E-state index in [0.29, 0.717) is 24.7 Å². The van der Waals surface area contributed by atoms with Crippen LogP contribution in [0.3, 0.4) is 0 Å². The van der Waals surface area contributed by atoms with E-state index in [1.54, 1.807) is 0 Å². The average molecular weight is 252 g/mol. The Bertz CT molecular complexity index is 272. The zero-order valence-electron chi connectivity index (χ0n) is 12.4. The molecule has 0 bridgehead atoms. The van der Waals surface area contributed by atoms with Crippen LogP contribution in [0.2, 0.25) is 0 Å². The fourth-order valence-corrected chi connectivity index (χ4v) is 2.91. The number of carbonyl (C=O) groups is 2. The van der Waals surface area contributed by atoms with Crippen molar-refractivity contribution in [3.8, 4) is 0 Å².